The van der Waals surface area contributed by atoms with Gasteiger partial charge in [0.1, 0.15) is 12.4 Å². The van der Waals surface area contributed by atoms with Crippen molar-refractivity contribution < 1.29 is 38.1 Å². The molecule has 3 heterocycles. The number of carbonyl (C=O) groups is 2. The number of ketones is 1. The molecule has 2 aromatic heterocycles. The van der Waals surface area contributed by atoms with E-state index in [9.17, 15) is 14.7 Å². The van der Waals surface area contributed by atoms with Gasteiger partial charge in [-0.2, -0.15) is 0 Å². The molecule has 1 N–H and O–H groups in total. The fraction of sp³-hybridized carbons (Fsp3) is 0.162. The lowest BCUT2D eigenvalue weighted by molar-refractivity contribution is -0.117. The number of methoxy groups -OCH3 is 2. The lowest BCUT2D eigenvalue weighted by Crippen LogP contribution is -2.31. The molecule has 1 aliphatic heterocycles. The second-order valence-electron chi connectivity index (χ2n) is 10.9. The topological polar surface area (TPSA) is 121 Å². The SMILES string of the molecule is CCOc1ccc2nc(N3C(=O)C(O)=C(C(=O)c4cc5cccc(OC)c5o4)C3c3ccc(OCc4ccccc4)c(OC)c3)sc2c1. The van der Waals surface area contributed by atoms with E-state index in [1.807, 2.05) is 43.3 Å². The first-order valence-electron chi connectivity index (χ1n) is 15.2. The summed E-state index contributed by atoms with van der Waals surface area (Å²) < 4.78 is 29.6. The Morgan fingerprint density at radius 3 is 2.50 bits per heavy atom. The van der Waals surface area contributed by atoms with E-state index in [0.29, 0.717) is 58.3 Å². The smallest absolute Gasteiger partial charge is 0.296 e. The summed E-state index contributed by atoms with van der Waals surface area (Å²) in [4.78, 5) is 34.3. The van der Waals surface area contributed by atoms with Crippen LogP contribution < -0.4 is 23.8 Å². The van der Waals surface area contributed by atoms with Crippen LogP contribution in [0.15, 0.2) is 107 Å². The number of aromatic nitrogens is 1. The van der Waals surface area contributed by atoms with Gasteiger partial charge >= 0.3 is 0 Å². The largest absolute Gasteiger partial charge is 0.503 e. The predicted molar refractivity (Wildman–Crippen MR) is 182 cm³/mol. The number of carbonyl (C=O) groups excluding carboxylic acids is 2. The number of rotatable bonds is 11. The predicted octanol–water partition coefficient (Wildman–Crippen LogP) is 7.82. The lowest BCUT2D eigenvalue weighted by atomic mass is 9.95. The van der Waals surface area contributed by atoms with Crippen LogP contribution in [0.5, 0.6) is 23.0 Å². The van der Waals surface area contributed by atoms with E-state index in [0.717, 1.165) is 10.3 Å². The fourth-order valence-corrected chi connectivity index (χ4v) is 6.77. The van der Waals surface area contributed by atoms with Crippen LogP contribution >= 0.6 is 11.3 Å². The van der Waals surface area contributed by atoms with Gasteiger partial charge < -0.3 is 28.5 Å². The standard InChI is InChI=1S/C37H30N2O8S/c1-4-45-24-14-15-25-30(19-24)48-37(38-25)39-32(22-13-16-26(28(17-22)44-3)46-20-21-9-6-5-7-10-21)31(34(41)36(39)42)33(40)29-18-23-11-8-12-27(43-2)35(23)47-29/h5-19,32,41H,4,20H2,1-3H3. The first-order valence-corrected chi connectivity index (χ1v) is 16.0. The van der Waals surface area contributed by atoms with E-state index < -0.39 is 23.5 Å². The van der Waals surface area contributed by atoms with E-state index in [-0.39, 0.29) is 16.5 Å². The molecule has 11 heteroatoms. The molecule has 1 amide bonds. The summed E-state index contributed by atoms with van der Waals surface area (Å²) in [5.41, 5.74) is 2.31. The maximum absolute atomic E-state index is 14.3. The number of benzene rings is 4. The van der Waals surface area contributed by atoms with Gasteiger partial charge in [-0.15, -0.1) is 0 Å². The van der Waals surface area contributed by atoms with Crippen LogP contribution in [0.2, 0.25) is 0 Å². The minimum absolute atomic E-state index is 0.0591. The molecular formula is C37H30N2O8S. The van der Waals surface area contributed by atoms with E-state index in [1.54, 1.807) is 54.6 Å². The van der Waals surface area contributed by atoms with E-state index >= 15 is 0 Å². The van der Waals surface area contributed by atoms with Crippen LogP contribution in [0.3, 0.4) is 0 Å². The zero-order valence-electron chi connectivity index (χ0n) is 26.3. The van der Waals surface area contributed by atoms with Crippen LogP contribution in [0.4, 0.5) is 5.13 Å². The average molecular weight is 663 g/mol. The number of hydrogen-bond donors (Lipinski definition) is 1. The molecule has 48 heavy (non-hydrogen) atoms. The highest BCUT2D eigenvalue weighted by molar-refractivity contribution is 7.22. The third kappa shape index (κ3) is 5.47. The molecule has 0 aliphatic carbocycles. The molecule has 1 atom stereocenters. The Morgan fingerprint density at radius 2 is 1.73 bits per heavy atom. The third-order valence-corrected chi connectivity index (χ3v) is 9.03. The van der Waals surface area contributed by atoms with Crippen molar-refractivity contribution in [3.8, 4) is 23.0 Å². The van der Waals surface area contributed by atoms with Gasteiger partial charge in [-0.1, -0.05) is 59.9 Å². The Bertz CT molecular complexity index is 2200. The van der Waals surface area contributed by atoms with Gasteiger partial charge in [-0.3, -0.25) is 14.5 Å². The van der Waals surface area contributed by atoms with Gasteiger partial charge in [0.25, 0.3) is 5.91 Å². The number of anilines is 1. The minimum Gasteiger partial charge on any atom is -0.503 e. The number of thiazole rings is 1. The molecule has 7 rings (SSSR count). The second kappa shape index (κ2) is 12.8. The van der Waals surface area contributed by atoms with E-state index in [4.69, 9.17) is 28.3 Å². The molecular weight excluding hydrogens is 632 g/mol. The number of aliphatic hydroxyl groups excluding tert-OH is 1. The summed E-state index contributed by atoms with van der Waals surface area (Å²) in [5, 5.41) is 12.3. The van der Waals surface area contributed by atoms with Crippen molar-refractivity contribution in [2.45, 2.75) is 19.6 Å². The highest BCUT2D eigenvalue weighted by atomic mass is 32.1. The Morgan fingerprint density at radius 1 is 0.917 bits per heavy atom. The number of Topliss-reactive ketones (excluding diaryl/α,β-unsaturated/α-hetero) is 1. The van der Waals surface area contributed by atoms with Crippen molar-refractivity contribution >= 4 is 49.3 Å². The Labute approximate surface area is 279 Å². The number of para-hydroxylation sites is 1. The van der Waals surface area contributed by atoms with Gasteiger partial charge in [-0.25, -0.2) is 4.98 Å². The number of hydrogen-bond acceptors (Lipinski definition) is 10. The lowest BCUT2D eigenvalue weighted by Gasteiger charge is -2.25. The van der Waals surface area contributed by atoms with Crippen LogP contribution in [-0.2, 0) is 11.4 Å². The molecule has 0 saturated heterocycles. The van der Waals surface area contributed by atoms with Crippen LogP contribution in [-0.4, -0.2) is 42.6 Å². The molecule has 4 aromatic carbocycles. The highest BCUT2D eigenvalue weighted by Crippen LogP contribution is 2.46. The van der Waals surface area contributed by atoms with Crippen molar-refractivity contribution in [1.29, 1.82) is 0 Å². The van der Waals surface area contributed by atoms with Crippen molar-refractivity contribution in [2.24, 2.45) is 0 Å². The van der Waals surface area contributed by atoms with Gasteiger partial charge in [0.2, 0.25) is 5.78 Å². The Hall–Kier alpha value is -5.81. The summed E-state index contributed by atoms with van der Waals surface area (Å²) >= 11 is 1.24. The maximum atomic E-state index is 14.3. The van der Waals surface area contributed by atoms with Crippen LogP contribution in [0.25, 0.3) is 21.2 Å². The van der Waals surface area contributed by atoms with Gasteiger partial charge in [-0.05, 0) is 60.5 Å². The molecule has 1 aliphatic rings. The summed E-state index contributed by atoms with van der Waals surface area (Å²) in [6.45, 7) is 2.70. The minimum atomic E-state index is -1.08. The van der Waals surface area contributed by atoms with E-state index in [2.05, 4.69) is 0 Å². The number of fused-ring (bicyclic) bond motifs is 2. The molecule has 0 radical (unpaired) electrons. The van der Waals surface area contributed by atoms with Gasteiger partial charge in [0.15, 0.2) is 39.5 Å². The number of furan rings is 1. The molecule has 0 bridgehead atoms. The molecule has 242 valence electrons. The van der Waals surface area contributed by atoms with Crippen LogP contribution in [0.1, 0.15) is 34.6 Å². The molecule has 0 saturated carbocycles. The maximum Gasteiger partial charge on any atom is 0.296 e. The summed E-state index contributed by atoms with van der Waals surface area (Å²) in [6.07, 6.45) is 0. The molecule has 10 nitrogen and oxygen atoms in total. The van der Waals surface area contributed by atoms with Crippen molar-refractivity contribution in [3.05, 3.63) is 119 Å². The molecule has 0 fully saturated rings. The number of aliphatic hydroxyl groups is 1. The number of ether oxygens (including phenoxy) is 4. The summed E-state index contributed by atoms with van der Waals surface area (Å²) in [6, 6.07) is 26.1. The molecule has 1 unspecified atom stereocenters. The number of nitrogens with zero attached hydrogens (tertiary/aromatic N) is 2. The second-order valence-corrected chi connectivity index (χ2v) is 11.9. The normalized spacial score (nSPS) is 14.6. The Kier molecular flexibility index (Phi) is 8.20. The zero-order chi connectivity index (χ0) is 33.4. The van der Waals surface area contributed by atoms with Crippen LogP contribution in [0, 0.1) is 0 Å². The summed E-state index contributed by atoms with van der Waals surface area (Å²) in [5.74, 6) is -0.229. The fourth-order valence-electron chi connectivity index (χ4n) is 5.75. The first-order chi connectivity index (χ1) is 23.4. The molecule has 6 aromatic rings. The third-order valence-electron chi connectivity index (χ3n) is 8.01. The van der Waals surface area contributed by atoms with Crippen molar-refractivity contribution in [3.63, 3.8) is 0 Å². The number of amides is 1. The average Bonchev–Trinajstić information content (AvgIpc) is 3.81. The molecule has 0 spiro atoms. The van der Waals surface area contributed by atoms with Crippen molar-refractivity contribution in [2.75, 3.05) is 25.7 Å². The first kappa shape index (κ1) is 30.8. The van der Waals surface area contributed by atoms with Gasteiger partial charge in [0, 0.05) is 5.39 Å². The van der Waals surface area contributed by atoms with Crippen molar-refractivity contribution in [1.82, 2.24) is 4.98 Å². The van der Waals surface area contributed by atoms with Gasteiger partial charge in [0.05, 0.1) is 42.7 Å². The quantitative estimate of drug-likeness (QED) is 0.138. The Balaban J connectivity index is 1.33. The zero-order valence-corrected chi connectivity index (χ0v) is 27.1. The summed E-state index contributed by atoms with van der Waals surface area (Å²) in [7, 11) is 3.02. The highest BCUT2D eigenvalue weighted by Gasteiger charge is 2.47. The monoisotopic (exact) mass is 662 g/mol. The van der Waals surface area contributed by atoms with E-state index in [1.165, 1.54) is 30.5 Å².